The van der Waals surface area contributed by atoms with Crippen LogP contribution >= 0.6 is 24.0 Å². The molecule has 1 amide bonds. The molecule has 2 aliphatic rings. The molecule has 0 atom stereocenters. The summed E-state index contributed by atoms with van der Waals surface area (Å²) in [6.45, 7) is 3.52. The average molecular weight is 690 g/mol. The van der Waals surface area contributed by atoms with Crippen molar-refractivity contribution in [1.82, 2.24) is 44.5 Å². The Kier molecular flexibility index (Phi) is 16.2. The third kappa shape index (κ3) is 10.1. The van der Waals surface area contributed by atoms with Gasteiger partial charge in [0, 0.05) is 37.6 Å². The Morgan fingerprint density at radius 3 is 1.84 bits per heavy atom. The highest BCUT2D eigenvalue weighted by Crippen LogP contribution is 2.29. The summed E-state index contributed by atoms with van der Waals surface area (Å²) in [6.07, 6.45) is 1.94. The van der Waals surface area contributed by atoms with E-state index in [-0.39, 0.29) is 53.4 Å². The summed E-state index contributed by atoms with van der Waals surface area (Å²) in [5.41, 5.74) is -2.16. The van der Waals surface area contributed by atoms with E-state index in [1.165, 1.54) is 18.9 Å². The van der Waals surface area contributed by atoms with Gasteiger partial charge in [-0.15, -0.1) is 12.4 Å². The fraction of sp³-hybridized carbons (Fsp3) is 0.423. The SMILES string of the molecule is Cl.N.N.N.N.O=C(Nc1ccc(Nc2nc(N3CCCCC3)nc(N3CCCCC3)n2)cc1Cl)c1ccc(C(F)(F)F)[nH]c1=O.[HH].[HH].[HH].[HH]. The van der Waals surface area contributed by atoms with Gasteiger partial charge >= 0.3 is 6.18 Å². The number of aromatic amines is 1. The van der Waals surface area contributed by atoms with Crippen molar-refractivity contribution in [3.63, 3.8) is 0 Å². The molecule has 0 unspecified atom stereocenters. The molecule has 260 valence electrons. The molecule has 3 aromatic rings. The maximum Gasteiger partial charge on any atom is 0.431 e. The number of nitrogens with one attached hydrogen (secondary N) is 3. The summed E-state index contributed by atoms with van der Waals surface area (Å²) < 4.78 is 38.5. The van der Waals surface area contributed by atoms with Crippen LogP contribution < -0.4 is 50.6 Å². The Labute approximate surface area is 275 Å². The molecule has 2 saturated heterocycles. The van der Waals surface area contributed by atoms with Crippen molar-refractivity contribution in [2.24, 2.45) is 0 Å². The third-order valence-corrected chi connectivity index (χ3v) is 7.14. The van der Waals surface area contributed by atoms with Crippen LogP contribution in [0.25, 0.3) is 0 Å². The van der Waals surface area contributed by atoms with Crippen molar-refractivity contribution in [2.75, 3.05) is 46.6 Å². The fourth-order valence-electron chi connectivity index (χ4n) is 4.71. The number of carbonyl (C=O) groups excluding carboxylic acids is 1. The zero-order chi connectivity index (χ0) is 28.3. The molecule has 2 aliphatic heterocycles. The number of halogens is 5. The summed E-state index contributed by atoms with van der Waals surface area (Å²) in [5.74, 6) is 0.705. The topological polar surface area (TPSA) is 259 Å². The van der Waals surface area contributed by atoms with E-state index in [2.05, 4.69) is 30.4 Å². The van der Waals surface area contributed by atoms with Crippen molar-refractivity contribution < 1.29 is 23.7 Å². The molecule has 19 heteroatoms. The molecule has 2 aromatic heterocycles. The molecule has 14 nitrogen and oxygen atoms in total. The van der Waals surface area contributed by atoms with Crippen molar-refractivity contribution >= 4 is 59.1 Å². The van der Waals surface area contributed by atoms with Gasteiger partial charge in [-0.25, -0.2) is 0 Å². The quantitative estimate of drug-likeness (QED) is 0.135. The first-order valence-corrected chi connectivity index (χ1v) is 13.5. The molecule has 2 fully saturated rings. The number of anilines is 5. The van der Waals surface area contributed by atoms with Crippen LogP contribution in [0, 0.1) is 0 Å². The number of benzene rings is 1. The number of piperidine rings is 2. The lowest BCUT2D eigenvalue weighted by molar-refractivity contribution is -0.141. The second kappa shape index (κ2) is 17.7. The van der Waals surface area contributed by atoms with E-state index in [0.717, 1.165) is 57.9 Å². The molecule has 4 heterocycles. The van der Waals surface area contributed by atoms with Gasteiger partial charge in [-0.05, 0) is 68.9 Å². The molecule has 0 spiro atoms. The number of pyridine rings is 1. The van der Waals surface area contributed by atoms with E-state index in [0.29, 0.717) is 29.6 Å². The predicted molar refractivity (Wildman–Crippen MR) is 182 cm³/mol. The Morgan fingerprint density at radius 1 is 0.844 bits per heavy atom. The first-order chi connectivity index (χ1) is 19.2. The molecule has 0 saturated carbocycles. The second-order valence-electron chi connectivity index (χ2n) is 9.74. The number of amides is 1. The highest BCUT2D eigenvalue weighted by molar-refractivity contribution is 6.34. The van der Waals surface area contributed by atoms with Gasteiger partial charge in [0.05, 0.1) is 10.7 Å². The van der Waals surface area contributed by atoms with Crippen LogP contribution in [0.15, 0.2) is 35.1 Å². The summed E-state index contributed by atoms with van der Waals surface area (Å²) in [5, 5.41) is 5.78. The van der Waals surface area contributed by atoms with Crippen molar-refractivity contribution in [3.05, 3.63) is 57.0 Å². The zero-order valence-electron chi connectivity index (χ0n) is 24.8. The summed E-state index contributed by atoms with van der Waals surface area (Å²) >= 11 is 6.40. The first-order valence-electron chi connectivity index (χ1n) is 13.1. The second-order valence-corrected chi connectivity index (χ2v) is 10.1. The predicted octanol–water partition coefficient (Wildman–Crippen LogP) is 7.26. The van der Waals surface area contributed by atoms with E-state index in [1.807, 2.05) is 0 Å². The van der Waals surface area contributed by atoms with Gasteiger partial charge in [0.2, 0.25) is 17.8 Å². The number of alkyl halides is 3. The van der Waals surface area contributed by atoms with Crippen molar-refractivity contribution in [1.29, 1.82) is 0 Å². The minimum absolute atomic E-state index is 0. The Hall–Kier alpha value is -3.74. The van der Waals surface area contributed by atoms with Crippen LogP contribution in [-0.2, 0) is 6.18 Å². The van der Waals surface area contributed by atoms with Gasteiger partial charge in [0.1, 0.15) is 11.3 Å². The van der Waals surface area contributed by atoms with Gasteiger partial charge in [0.15, 0.2) is 0 Å². The highest BCUT2D eigenvalue weighted by atomic mass is 35.5. The number of hydrogen-bond donors (Lipinski definition) is 7. The summed E-state index contributed by atoms with van der Waals surface area (Å²) in [4.78, 5) is 44.7. The normalized spacial score (nSPS) is 14.3. The van der Waals surface area contributed by atoms with E-state index < -0.39 is 28.9 Å². The monoisotopic (exact) mass is 688 g/mol. The summed E-state index contributed by atoms with van der Waals surface area (Å²) in [7, 11) is 0. The minimum Gasteiger partial charge on any atom is -0.344 e. The first kappa shape index (κ1) is 41.3. The minimum atomic E-state index is -4.73. The van der Waals surface area contributed by atoms with Crippen LogP contribution in [-0.4, -0.2) is 52.0 Å². The molecule has 0 radical (unpaired) electrons. The third-order valence-electron chi connectivity index (χ3n) is 6.82. The fourth-order valence-corrected chi connectivity index (χ4v) is 4.94. The molecule has 0 aliphatic carbocycles. The van der Waals surface area contributed by atoms with Gasteiger partial charge < -0.3 is 50.0 Å². The van der Waals surface area contributed by atoms with Gasteiger partial charge in [-0.2, -0.15) is 28.1 Å². The smallest absolute Gasteiger partial charge is 0.344 e. The molecule has 45 heavy (non-hydrogen) atoms. The standard InChI is InChI=1S/C26H28ClF3N8O2.ClH.4H3N.4H2/c27-18-15-16(7-9-19(18)32-21(39)17-8-10-20(26(28,29)30)33-22(17)40)31-23-34-24(37-11-3-1-4-12-37)36-25(35-23)38-13-5-2-6-14-38;;;;;;;;;/h7-10,15H,1-6,11-14H2,(H,32,39)(H,33,40)(H,31,34,35,36);1H;4*1H3;4*1H. The molecular formula is C26H49Cl2F3N12O2. The van der Waals surface area contributed by atoms with Gasteiger partial charge in [0.25, 0.3) is 11.5 Å². The van der Waals surface area contributed by atoms with Gasteiger partial charge in [-0.3, -0.25) is 9.59 Å². The zero-order valence-corrected chi connectivity index (χ0v) is 26.3. The van der Waals surface area contributed by atoms with Crippen LogP contribution in [0.3, 0.4) is 0 Å². The molecule has 5 rings (SSSR count). The van der Waals surface area contributed by atoms with Crippen molar-refractivity contribution in [3.8, 4) is 0 Å². The van der Waals surface area contributed by atoms with Crippen molar-refractivity contribution in [2.45, 2.75) is 44.7 Å². The number of carbonyl (C=O) groups is 1. The Balaban J connectivity index is -0.000000717. The largest absolute Gasteiger partial charge is 0.431 e. The molecule has 0 bridgehead atoms. The molecular weight excluding hydrogens is 640 g/mol. The van der Waals surface area contributed by atoms with E-state index in [4.69, 9.17) is 16.6 Å². The van der Waals surface area contributed by atoms with E-state index in [9.17, 15) is 22.8 Å². The molecule has 1 aromatic carbocycles. The average Bonchev–Trinajstić information content (AvgIpc) is 2.94. The van der Waals surface area contributed by atoms with Crippen LogP contribution in [0.4, 0.5) is 42.4 Å². The highest BCUT2D eigenvalue weighted by Gasteiger charge is 2.32. The molecule has 15 N–H and O–H groups in total. The number of nitrogens with zero attached hydrogens (tertiary/aromatic N) is 5. The van der Waals surface area contributed by atoms with Crippen LogP contribution in [0.5, 0.6) is 0 Å². The lowest BCUT2D eigenvalue weighted by Crippen LogP contribution is -2.34. The number of H-pyrrole nitrogens is 1. The maximum absolute atomic E-state index is 12.8. The van der Waals surface area contributed by atoms with Crippen LogP contribution in [0.2, 0.25) is 5.02 Å². The number of hydrogen-bond acceptors (Lipinski definition) is 12. The van der Waals surface area contributed by atoms with E-state index in [1.54, 1.807) is 17.1 Å². The number of rotatable bonds is 6. The Bertz CT molecular complexity index is 1430. The maximum atomic E-state index is 12.8. The number of aromatic nitrogens is 4. The summed E-state index contributed by atoms with van der Waals surface area (Å²) in [6, 6.07) is 6.17. The lowest BCUT2D eigenvalue weighted by atomic mass is 10.1. The lowest BCUT2D eigenvalue weighted by Gasteiger charge is -2.30. The van der Waals surface area contributed by atoms with E-state index >= 15 is 0 Å². The Morgan fingerprint density at radius 2 is 1.38 bits per heavy atom. The van der Waals surface area contributed by atoms with Gasteiger partial charge in [-0.1, -0.05) is 11.6 Å². The van der Waals surface area contributed by atoms with Crippen LogP contribution in [0.1, 0.15) is 60.3 Å².